The van der Waals surface area contributed by atoms with E-state index in [1.54, 1.807) is 11.3 Å². The van der Waals surface area contributed by atoms with Gasteiger partial charge in [0.05, 0.1) is 38.0 Å². The van der Waals surface area contributed by atoms with E-state index in [4.69, 9.17) is 9.97 Å². The molecular weight excluding hydrogens is 641 g/mol. The summed E-state index contributed by atoms with van der Waals surface area (Å²) in [5, 5.41) is 6.01. The molecular formula is C46H28N4S. The fraction of sp³-hybridized carbons (Fsp3) is 0. The SMILES string of the molecule is c1ccc(-c2ccc(-c3nc(-n4c5ccccc5c5c6c7ccccc7n(-c7ccccc7)c6ccc54)nc4c3sc3ccccc34)cc2)cc1. The van der Waals surface area contributed by atoms with Crippen molar-refractivity contribution in [1.29, 1.82) is 0 Å². The quantitative estimate of drug-likeness (QED) is 0.187. The predicted octanol–water partition coefficient (Wildman–Crippen LogP) is 12.4. The standard InChI is InChI=1S/C46H28N4S/c1-3-13-29(14-4-1)30-23-25-31(26-24-30)43-45-44(35-19-9-12-22-40(35)51-45)48-46(47-43)50-37-21-11-8-18-34(37)42-39(50)28-27-38-41(42)33-17-7-10-20-36(33)49(38)32-15-5-2-6-16-32/h1-28H. The molecule has 0 radical (unpaired) electrons. The van der Waals surface area contributed by atoms with Crippen LogP contribution in [0.4, 0.5) is 0 Å². The van der Waals surface area contributed by atoms with Crippen LogP contribution >= 0.6 is 11.3 Å². The second-order valence-electron chi connectivity index (χ2n) is 13.0. The second kappa shape index (κ2) is 11.0. The zero-order valence-electron chi connectivity index (χ0n) is 27.4. The molecule has 0 saturated heterocycles. The number of nitrogens with zero attached hydrogens (tertiary/aromatic N) is 4. The smallest absolute Gasteiger partial charge is 0.235 e. The Morgan fingerprint density at radius 3 is 1.63 bits per heavy atom. The number of hydrogen-bond donors (Lipinski definition) is 0. The lowest BCUT2D eigenvalue weighted by atomic mass is 10.0. The van der Waals surface area contributed by atoms with Gasteiger partial charge in [-0.05, 0) is 53.6 Å². The maximum Gasteiger partial charge on any atom is 0.235 e. The lowest BCUT2D eigenvalue weighted by Gasteiger charge is -2.11. The molecule has 0 N–H and O–H groups in total. The number of hydrogen-bond acceptors (Lipinski definition) is 3. The molecule has 0 aliphatic heterocycles. The molecule has 0 atom stereocenters. The minimum absolute atomic E-state index is 0.672. The molecule has 0 fully saturated rings. The Morgan fingerprint density at radius 2 is 0.922 bits per heavy atom. The van der Waals surface area contributed by atoms with Gasteiger partial charge in [-0.3, -0.25) is 4.57 Å². The number of fused-ring (bicyclic) bond motifs is 10. The monoisotopic (exact) mass is 668 g/mol. The van der Waals surface area contributed by atoms with Gasteiger partial charge < -0.3 is 4.57 Å². The van der Waals surface area contributed by atoms with Gasteiger partial charge in [-0.15, -0.1) is 11.3 Å². The number of para-hydroxylation sites is 3. The first-order valence-corrected chi connectivity index (χ1v) is 18.0. The molecule has 0 bridgehead atoms. The van der Waals surface area contributed by atoms with Crippen molar-refractivity contribution in [2.45, 2.75) is 0 Å². The molecule has 4 aromatic heterocycles. The largest absolute Gasteiger partial charge is 0.309 e. The van der Waals surface area contributed by atoms with Crippen LogP contribution in [0.3, 0.4) is 0 Å². The first-order chi connectivity index (χ1) is 25.3. The highest BCUT2D eigenvalue weighted by molar-refractivity contribution is 7.26. The topological polar surface area (TPSA) is 35.6 Å². The fourth-order valence-corrected chi connectivity index (χ4v) is 9.07. The van der Waals surface area contributed by atoms with Gasteiger partial charge in [0.15, 0.2) is 0 Å². The molecule has 11 aromatic rings. The van der Waals surface area contributed by atoms with Crippen LogP contribution in [0.15, 0.2) is 170 Å². The van der Waals surface area contributed by atoms with Gasteiger partial charge in [0.2, 0.25) is 5.95 Å². The van der Waals surface area contributed by atoms with Crippen LogP contribution in [0.1, 0.15) is 0 Å². The summed E-state index contributed by atoms with van der Waals surface area (Å²) >= 11 is 1.76. The molecule has 238 valence electrons. The van der Waals surface area contributed by atoms with E-state index in [0.29, 0.717) is 5.95 Å². The molecule has 7 aromatic carbocycles. The third-order valence-electron chi connectivity index (χ3n) is 10.2. The zero-order chi connectivity index (χ0) is 33.5. The highest BCUT2D eigenvalue weighted by Gasteiger charge is 2.23. The highest BCUT2D eigenvalue weighted by Crippen LogP contribution is 2.44. The summed E-state index contributed by atoms with van der Waals surface area (Å²) in [4.78, 5) is 10.9. The summed E-state index contributed by atoms with van der Waals surface area (Å²) in [7, 11) is 0. The Hall–Kier alpha value is -6.56. The highest BCUT2D eigenvalue weighted by atomic mass is 32.1. The molecule has 4 nitrogen and oxygen atoms in total. The molecule has 51 heavy (non-hydrogen) atoms. The molecule has 0 aliphatic rings. The van der Waals surface area contributed by atoms with E-state index in [1.807, 2.05) is 0 Å². The van der Waals surface area contributed by atoms with E-state index in [0.717, 1.165) is 43.6 Å². The third-order valence-corrected chi connectivity index (χ3v) is 11.3. The zero-order valence-corrected chi connectivity index (χ0v) is 28.2. The first kappa shape index (κ1) is 28.3. The Bertz CT molecular complexity index is 3120. The van der Waals surface area contributed by atoms with Gasteiger partial charge in [0.25, 0.3) is 0 Å². The van der Waals surface area contributed by atoms with Crippen molar-refractivity contribution in [3.8, 4) is 34.0 Å². The molecule has 5 heteroatoms. The van der Waals surface area contributed by atoms with Crippen molar-refractivity contribution in [3.63, 3.8) is 0 Å². The van der Waals surface area contributed by atoms with E-state index >= 15 is 0 Å². The number of rotatable bonds is 4. The fourth-order valence-electron chi connectivity index (χ4n) is 7.91. The lowest BCUT2D eigenvalue weighted by Crippen LogP contribution is -2.02. The molecule has 0 aliphatic carbocycles. The number of benzene rings is 7. The average molecular weight is 669 g/mol. The van der Waals surface area contributed by atoms with Gasteiger partial charge in [-0.25, -0.2) is 9.97 Å². The van der Waals surface area contributed by atoms with E-state index in [9.17, 15) is 0 Å². The second-order valence-corrected chi connectivity index (χ2v) is 14.0. The third kappa shape index (κ3) is 4.19. The van der Waals surface area contributed by atoms with Gasteiger partial charge in [-0.2, -0.15) is 0 Å². The van der Waals surface area contributed by atoms with Crippen LogP contribution in [0, 0.1) is 0 Å². The van der Waals surface area contributed by atoms with Crippen molar-refractivity contribution >= 4 is 75.3 Å². The normalized spacial score (nSPS) is 11.9. The van der Waals surface area contributed by atoms with Crippen molar-refractivity contribution in [2.24, 2.45) is 0 Å². The van der Waals surface area contributed by atoms with E-state index in [2.05, 4.69) is 179 Å². The minimum Gasteiger partial charge on any atom is -0.309 e. The summed E-state index contributed by atoms with van der Waals surface area (Å²) in [5.41, 5.74) is 11.1. The number of aromatic nitrogens is 4. The maximum absolute atomic E-state index is 5.46. The van der Waals surface area contributed by atoms with Crippen LogP contribution in [-0.2, 0) is 0 Å². The molecule has 0 unspecified atom stereocenters. The van der Waals surface area contributed by atoms with Crippen LogP contribution in [0.2, 0.25) is 0 Å². The van der Waals surface area contributed by atoms with Gasteiger partial charge in [0, 0.05) is 42.9 Å². The van der Waals surface area contributed by atoms with Gasteiger partial charge in [-0.1, -0.05) is 127 Å². The summed E-state index contributed by atoms with van der Waals surface area (Å²) in [6.45, 7) is 0. The number of thiophene rings is 1. The molecule has 4 heterocycles. The van der Waals surface area contributed by atoms with Crippen LogP contribution < -0.4 is 0 Å². The van der Waals surface area contributed by atoms with Gasteiger partial charge >= 0.3 is 0 Å². The predicted molar refractivity (Wildman–Crippen MR) is 214 cm³/mol. The van der Waals surface area contributed by atoms with Gasteiger partial charge in [0.1, 0.15) is 0 Å². The Morgan fingerprint density at radius 1 is 0.392 bits per heavy atom. The molecule has 0 spiro atoms. The Kier molecular flexibility index (Phi) is 6.09. The molecule has 11 rings (SSSR count). The average Bonchev–Trinajstić information content (AvgIpc) is 3.86. The van der Waals surface area contributed by atoms with E-state index in [-0.39, 0.29) is 0 Å². The minimum atomic E-state index is 0.672. The summed E-state index contributed by atoms with van der Waals surface area (Å²) in [5.74, 6) is 0.672. The van der Waals surface area contributed by atoms with Crippen molar-refractivity contribution in [3.05, 3.63) is 170 Å². The summed E-state index contributed by atoms with van der Waals surface area (Å²) in [6.07, 6.45) is 0. The van der Waals surface area contributed by atoms with E-state index < -0.39 is 0 Å². The summed E-state index contributed by atoms with van der Waals surface area (Å²) in [6, 6.07) is 60.5. The van der Waals surface area contributed by atoms with Crippen molar-refractivity contribution < 1.29 is 0 Å². The Labute approximate surface area is 297 Å². The molecule has 0 amide bonds. The molecule has 0 saturated carbocycles. The lowest BCUT2D eigenvalue weighted by molar-refractivity contribution is 1.02. The van der Waals surface area contributed by atoms with E-state index in [1.165, 1.54) is 48.4 Å². The summed E-state index contributed by atoms with van der Waals surface area (Å²) < 4.78 is 6.96. The van der Waals surface area contributed by atoms with Crippen LogP contribution in [-0.4, -0.2) is 19.1 Å². The van der Waals surface area contributed by atoms with Crippen LogP contribution in [0.25, 0.3) is 97.9 Å². The first-order valence-electron chi connectivity index (χ1n) is 17.2. The maximum atomic E-state index is 5.46. The van der Waals surface area contributed by atoms with Crippen LogP contribution in [0.5, 0.6) is 0 Å². The van der Waals surface area contributed by atoms with Crippen molar-refractivity contribution in [1.82, 2.24) is 19.1 Å². The Balaban J connectivity index is 1.23. The van der Waals surface area contributed by atoms with Crippen molar-refractivity contribution in [2.75, 3.05) is 0 Å².